The predicted molar refractivity (Wildman–Crippen MR) is 110 cm³/mol. The normalized spacial score (nSPS) is 16.2. The molecule has 0 radical (unpaired) electrons. The molecule has 1 saturated carbocycles. The first-order chi connectivity index (χ1) is 13.1. The minimum absolute atomic E-state index is 0.0472. The highest BCUT2D eigenvalue weighted by Gasteiger charge is 2.27. The smallest absolute Gasteiger partial charge is 0.237 e. The van der Waals surface area contributed by atoms with Crippen molar-refractivity contribution in [1.82, 2.24) is 15.6 Å². The Hall–Kier alpha value is -2.30. The molecule has 1 heterocycles. The van der Waals surface area contributed by atoms with Gasteiger partial charge in [-0.05, 0) is 43.0 Å². The van der Waals surface area contributed by atoms with Crippen LogP contribution in [-0.2, 0) is 4.79 Å². The zero-order valence-corrected chi connectivity index (χ0v) is 16.1. The van der Waals surface area contributed by atoms with Crippen LogP contribution in [0.5, 0.6) is 0 Å². The minimum Gasteiger partial charge on any atom is -0.361 e. The molecule has 0 saturated heterocycles. The Bertz CT molecular complexity index is 947. The molecule has 27 heavy (non-hydrogen) atoms. The Morgan fingerprint density at radius 3 is 2.67 bits per heavy atom. The van der Waals surface area contributed by atoms with Gasteiger partial charge in [-0.15, -0.1) is 0 Å². The van der Waals surface area contributed by atoms with E-state index >= 15 is 0 Å². The van der Waals surface area contributed by atoms with E-state index in [0.29, 0.717) is 12.6 Å². The summed E-state index contributed by atoms with van der Waals surface area (Å²) >= 11 is 6.52. The second kappa shape index (κ2) is 7.75. The fraction of sp³-hybridized carbons (Fsp3) is 0.318. The first-order valence-corrected chi connectivity index (χ1v) is 9.85. The van der Waals surface area contributed by atoms with Gasteiger partial charge < -0.3 is 15.6 Å². The number of amides is 1. The predicted octanol–water partition coefficient (Wildman–Crippen LogP) is 4.21. The Morgan fingerprint density at radius 2 is 1.89 bits per heavy atom. The molecule has 140 valence electrons. The lowest BCUT2D eigenvalue weighted by Gasteiger charge is -2.22. The summed E-state index contributed by atoms with van der Waals surface area (Å²) in [5, 5.41) is 8.39. The van der Waals surface area contributed by atoms with Crippen LogP contribution in [0.1, 0.15) is 36.8 Å². The van der Waals surface area contributed by atoms with Gasteiger partial charge in [0.2, 0.25) is 5.91 Å². The summed E-state index contributed by atoms with van der Waals surface area (Å²) in [4.78, 5) is 15.7. The van der Waals surface area contributed by atoms with E-state index in [4.69, 9.17) is 11.6 Å². The number of carbonyl (C=O) groups excluding carboxylic acids is 1. The fourth-order valence-corrected chi connectivity index (χ4v) is 3.74. The third-order valence-electron chi connectivity index (χ3n) is 5.22. The van der Waals surface area contributed by atoms with Crippen LogP contribution in [-0.4, -0.2) is 29.5 Å². The van der Waals surface area contributed by atoms with Crippen molar-refractivity contribution >= 4 is 28.4 Å². The summed E-state index contributed by atoms with van der Waals surface area (Å²) in [7, 11) is 0. The molecule has 4 rings (SSSR count). The molecule has 1 aliphatic carbocycles. The lowest BCUT2D eigenvalue weighted by atomic mass is 9.90. The van der Waals surface area contributed by atoms with Crippen molar-refractivity contribution in [2.45, 2.75) is 37.8 Å². The molecule has 2 atom stereocenters. The monoisotopic (exact) mass is 381 g/mol. The first-order valence-electron chi connectivity index (χ1n) is 9.47. The van der Waals surface area contributed by atoms with Crippen LogP contribution in [0.2, 0.25) is 5.02 Å². The fourth-order valence-electron chi connectivity index (χ4n) is 3.47. The van der Waals surface area contributed by atoms with Crippen LogP contribution in [0.25, 0.3) is 10.9 Å². The average molecular weight is 382 g/mol. The summed E-state index contributed by atoms with van der Waals surface area (Å²) in [6.07, 6.45) is 4.24. The molecular weight excluding hydrogens is 358 g/mol. The number of halogens is 1. The summed E-state index contributed by atoms with van der Waals surface area (Å²) in [6.45, 7) is 2.54. The Labute approximate surface area is 164 Å². The van der Waals surface area contributed by atoms with Crippen molar-refractivity contribution in [2.75, 3.05) is 6.54 Å². The number of benzene rings is 2. The summed E-state index contributed by atoms with van der Waals surface area (Å²) in [6, 6.07) is 16.3. The zero-order valence-electron chi connectivity index (χ0n) is 15.3. The van der Waals surface area contributed by atoms with Crippen molar-refractivity contribution in [3.63, 3.8) is 0 Å². The topological polar surface area (TPSA) is 56.9 Å². The third kappa shape index (κ3) is 4.02. The van der Waals surface area contributed by atoms with E-state index in [1.807, 2.05) is 37.3 Å². The van der Waals surface area contributed by atoms with Crippen molar-refractivity contribution in [3.05, 3.63) is 70.9 Å². The molecule has 1 aliphatic rings. The Morgan fingerprint density at radius 1 is 1.15 bits per heavy atom. The SMILES string of the molecule is C[C@H](NC[C@@H](c1ccccc1Cl)c1c[nH]c2ccccc12)C(=O)NC1CC1. The standard InChI is InChI=1S/C22H24ClN3O/c1-14(22(27)26-15-10-11-15)24-12-18(16-6-2-4-8-20(16)23)19-13-25-21-9-5-3-7-17(19)21/h2-9,13-15,18,24-25H,10-12H2,1H3,(H,26,27)/t14-,18-/m0/s1. The largest absolute Gasteiger partial charge is 0.361 e. The van der Waals surface area contributed by atoms with E-state index in [-0.39, 0.29) is 17.9 Å². The van der Waals surface area contributed by atoms with Crippen LogP contribution in [0, 0.1) is 0 Å². The number of fused-ring (bicyclic) bond motifs is 1. The van der Waals surface area contributed by atoms with Crippen molar-refractivity contribution in [3.8, 4) is 0 Å². The number of carbonyl (C=O) groups is 1. The van der Waals surface area contributed by atoms with E-state index in [1.165, 1.54) is 10.9 Å². The van der Waals surface area contributed by atoms with Gasteiger partial charge in [0.25, 0.3) is 0 Å². The number of hydrogen-bond donors (Lipinski definition) is 3. The Kier molecular flexibility index (Phi) is 5.19. The molecule has 4 nitrogen and oxygen atoms in total. The second-order valence-corrected chi connectivity index (χ2v) is 7.68. The quantitative estimate of drug-likeness (QED) is 0.574. The molecule has 3 aromatic rings. The maximum atomic E-state index is 12.3. The molecular formula is C22H24ClN3O. The summed E-state index contributed by atoms with van der Waals surface area (Å²) in [5.74, 6) is 0.111. The first kappa shape index (κ1) is 18.1. The molecule has 0 aliphatic heterocycles. The lowest BCUT2D eigenvalue weighted by Crippen LogP contribution is -2.44. The van der Waals surface area contributed by atoms with Crippen molar-refractivity contribution < 1.29 is 4.79 Å². The van der Waals surface area contributed by atoms with Crippen LogP contribution >= 0.6 is 11.6 Å². The number of nitrogens with one attached hydrogen (secondary N) is 3. The van der Waals surface area contributed by atoms with Crippen LogP contribution < -0.4 is 10.6 Å². The van der Waals surface area contributed by atoms with Crippen molar-refractivity contribution in [2.24, 2.45) is 0 Å². The van der Waals surface area contributed by atoms with E-state index in [1.54, 1.807) is 0 Å². The second-order valence-electron chi connectivity index (χ2n) is 7.28. The van der Waals surface area contributed by atoms with Crippen LogP contribution in [0.4, 0.5) is 0 Å². The number of aromatic amines is 1. The minimum atomic E-state index is -0.249. The highest BCUT2D eigenvalue weighted by atomic mass is 35.5. The van der Waals surface area contributed by atoms with Gasteiger partial charge in [0.1, 0.15) is 0 Å². The van der Waals surface area contributed by atoms with Gasteiger partial charge >= 0.3 is 0 Å². The number of aromatic nitrogens is 1. The number of H-pyrrole nitrogens is 1. The summed E-state index contributed by atoms with van der Waals surface area (Å²) < 4.78 is 0. The van der Waals surface area contributed by atoms with E-state index in [9.17, 15) is 4.79 Å². The summed E-state index contributed by atoms with van der Waals surface area (Å²) in [5.41, 5.74) is 3.34. The van der Waals surface area contributed by atoms with E-state index in [0.717, 1.165) is 28.9 Å². The number of hydrogen-bond acceptors (Lipinski definition) is 2. The van der Waals surface area contributed by atoms with Gasteiger partial charge in [0.15, 0.2) is 0 Å². The molecule has 1 fully saturated rings. The Balaban J connectivity index is 1.60. The van der Waals surface area contributed by atoms with Crippen LogP contribution in [0.3, 0.4) is 0 Å². The average Bonchev–Trinajstić information content (AvgIpc) is 3.39. The zero-order chi connectivity index (χ0) is 18.8. The van der Waals surface area contributed by atoms with E-state index < -0.39 is 0 Å². The molecule has 0 unspecified atom stereocenters. The van der Waals surface area contributed by atoms with Gasteiger partial charge in [0, 0.05) is 40.6 Å². The maximum Gasteiger partial charge on any atom is 0.237 e. The highest BCUT2D eigenvalue weighted by molar-refractivity contribution is 6.31. The maximum absolute atomic E-state index is 12.3. The molecule has 0 spiro atoms. The molecule has 3 N–H and O–H groups in total. The number of rotatable bonds is 7. The third-order valence-corrected chi connectivity index (χ3v) is 5.57. The highest BCUT2D eigenvalue weighted by Crippen LogP contribution is 2.34. The van der Waals surface area contributed by atoms with Gasteiger partial charge in [-0.2, -0.15) is 0 Å². The lowest BCUT2D eigenvalue weighted by molar-refractivity contribution is -0.122. The number of para-hydroxylation sites is 1. The molecule has 1 aromatic heterocycles. The van der Waals surface area contributed by atoms with E-state index in [2.05, 4.69) is 40.0 Å². The van der Waals surface area contributed by atoms with Gasteiger partial charge in [-0.3, -0.25) is 4.79 Å². The van der Waals surface area contributed by atoms with Crippen LogP contribution in [0.15, 0.2) is 54.7 Å². The van der Waals surface area contributed by atoms with Gasteiger partial charge in [-0.1, -0.05) is 48.0 Å². The molecule has 5 heteroatoms. The van der Waals surface area contributed by atoms with Gasteiger partial charge in [-0.25, -0.2) is 0 Å². The molecule has 1 amide bonds. The van der Waals surface area contributed by atoms with Crippen molar-refractivity contribution in [1.29, 1.82) is 0 Å². The molecule has 2 aromatic carbocycles. The molecule has 0 bridgehead atoms. The van der Waals surface area contributed by atoms with Gasteiger partial charge in [0.05, 0.1) is 6.04 Å².